The topological polar surface area (TPSA) is 81.8 Å². The summed E-state index contributed by atoms with van der Waals surface area (Å²) in [6.07, 6.45) is 4.21. The Morgan fingerprint density at radius 1 is 0.974 bits per heavy atom. The minimum absolute atomic E-state index is 0.0335. The van der Waals surface area contributed by atoms with E-state index in [0.29, 0.717) is 45.1 Å². The zero-order chi connectivity index (χ0) is 27.3. The quantitative estimate of drug-likeness (QED) is 0.460. The minimum atomic E-state index is -0.646. The highest BCUT2D eigenvalue weighted by molar-refractivity contribution is 5.96. The van der Waals surface area contributed by atoms with Crippen LogP contribution in [0.25, 0.3) is 0 Å². The molecule has 1 heterocycles. The second-order valence-corrected chi connectivity index (χ2v) is 11.8. The summed E-state index contributed by atoms with van der Waals surface area (Å²) in [5, 5.41) is 5.22. The smallest absolute Gasteiger partial charge is 0.319 e. The van der Waals surface area contributed by atoms with E-state index in [1.807, 2.05) is 45.0 Å². The normalized spacial score (nSPS) is 16.6. The summed E-state index contributed by atoms with van der Waals surface area (Å²) < 4.78 is 14.7. The molecule has 0 spiro atoms. The molecule has 1 saturated carbocycles. The van der Waals surface area contributed by atoms with Crippen molar-refractivity contribution in [2.45, 2.75) is 53.0 Å². The third kappa shape index (κ3) is 7.63. The summed E-state index contributed by atoms with van der Waals surface area (Å²) in [5.41, 5.74) is 2.09. The van der Waals surface area contributed by atoms with Crippen molar-refractivity contribution in [2.75, 3.05) is 38.0 Å². The highest BCUT2D eigenvalue weighted by atomic mass is 19.1. The number of hydrogen-bond donors (Lipinski definition) is 2. The highest BCUT2D eigenvalue weighted by Crippen LogP contribution is 2.30. The predicted octanol–water partition coefficient (Wildman–Crippen LogP) is 5.32. The monoisotopic (exact) mass is 522 g/mol. The molecule has 0 atom stereocenters. The lowest BCUT2D eigenvalue weighted by molar-refractivity contribution is 0.0627. The van der Waals surface area contributed by atoms with Gasteiger partial charge in [-0.15, -0.1) is 0 Å². The molecule has 1 saturated heterocycles. The maximum Gasteiger partial charge on any atom is 0.319 e. The summed E-state index contributed by atoms with van der Waals surface area (Å²) in [6, 6.07) is 11.6. The zero-order valence-electron chi connectivity index (χ0n) is 22.7. The van der Waals surface area contributed by atoms with E-state index in [1.165, 1.54) is 18.6 Å². The van der Waals surface area contributed by atoms with Crippen molar-refractivity contribution in [3.8, 4) is 0 Å². The Kier molecular flexibility index (Phi) is 8.82. The Hall–Kier alpha value is -3.26. The molecule has 2 aromatic rings. The van der Waals surface area contributed by atoms with Gasteiger partial charge in [-0.25, -0.2) is 9.18 Å². The van der Waals surface area contributed by atoms with Crippen LogP contribution in [-0.4, -0.2) is 60.2 Å². The lowest BCUT2D eigenvalue weighted by Crippen LogP contribution is -2.48. The first-order valence-electron chi connectivity index (χ1n) is 13.6. The van der Waals surface area contributed by atoms with Gasteiger partial charge in [0.2, 0.25) is 0 Å². The Morgan fingerprint density at radius 2 is 1.71 bits per heavy atom. The molecule has 0 radical (unpaired) electrons. The first kappa shape index (κ1) is 27.8. The molecule has 2 aliphatic rings. The van der Waals surface area contributed by atoms with Gasteiger partial charge in [0.05, 0.1) is 5.69 Å². The molecule has 38 heavy (non-hydrogen) atoms. The fourth-order valence-electron chi connectivity index (χ4n) is 4.73. The number of hydrogen-bond acceptors (Lipinski definition) is 4. The van der Waals surface area contributed by atoms with E-state index < -0.39 is 11.8 Å². The molecule has 2 N–H and O–H groups in total. The minimum Gasteiger partial charge on any atom is -0.337 e. The van der Waals surface area contributed by atoms with Crippen LogP contribution in [0.1, 0.15) is 72.7 Å². The van der Waals surface area contributed by atoms with Crippen molar-refractivity contribution in [3.05, 3.63) is 65.0 Å². The van der Waals surface area contributed by atoms with Gasteiger partial charge in [0.15, 0.2) is 5.78 Å². The summed E-state index contributed by atoms with van der Waals surface area (Å²) in [7, 11) is 0. The van der Waals surface area contributed by atoms with Crippen LogP contribution in [0.3, 0.4) is 0 Å². The molecule has 0 unspecified atom stereocenters. The van der Waals surface area contributed by atoms with Crippen LogP contribution in [0.15, 0.2) is 42.5 Å². The van der Waals surface area contributed by atoms with Gasteiger partial charge in [-0.2, -0.15) is 0 Å². The highest BCUT2D eigenvalue weighted by Gasteiger charge is 2.24. The van der Waals surface area contributed by atoms with Crippen molar-refractivity contribution in [1.29, 1.82) is 0 Å². The number of nitrogens with one attached hydrogen (secondary N) is 2. The van der Waals surface area contributed by atoms with E-state index in [4.69, 9.17) is 0 Å². The van der Waals surface area contributed by atoms with Gasteiger partial charge in [-0.1, -0.05) is 58.2 Å². The summed E-state index contributed by atoms with van der Waals surface area (Å²) in [4.78, 5) is 41.7. The molecule has 1 aliphatic heterocycles. The number of anilines is 1. The van der Waals surface area contributed by atoms with Crippen LogP contribution < -0.4 is 10.6 Å². The number of benzene rings is 2. The number of carbonyl (C=O) groups is 3. The molecule has 4 rings (SSSR count). The molecule has 8 heteroatoms. The van der Waals surface area contributed by atoms with Gasteiger partial charge in [-0.3, -0.25) is 14.5 Å². The van der Waals surface area contributed by atoms with E-state index in [2.05, 4.69) is 15.5 Å². The Bertz CT molecular complexity index is 1160. The van der Waals surface area contributed by atoms with Gasteiger partial charge in [0.1, 0.15) is 5.82 Å². The molecule has 0 bridgehead atoms. The van der Waals surface area contributed by atoms with E-state index in [-0.39, 0.29) is 28.4 Å². The van der Waals surface area contributed by atoms with Gasteiger partial charge < -0.3 is 15.5 Å². The molecule has 204 valence electrons. The average Bonchev–Trinajstić information content (AvgIpc) is 2.86. The van der Waals surface area contributed by atoms with Crippen molar-refractivity contribution in [3.63, 3.8) is 0 Å². The second-order valence-electron chi connectivity index (χ2n) is 11.8. The largest absolute Gasteiger partial charge is 0.337 e. The number of Topliss-reactive ketones (excluding diaryl/α,β-unsaturated/α-hetero) is 1. The van der Waals surface area contributed by atoms with Crippen LogP contribution in [-0.2, 0) is 6.54 Å². The number of urea groups is 1. The van der Waals surface area contributed by atoms with Gasteiger partial charge in [0, 0.05) is 56.8 Å². The van der Waals surface area contributed by atoms with Crippen molar-refractivity contribution in [2.24, 2.45) is 11.3 Å². The standard InChI is InChI=1S/C30H39FN4O3/c1-30(2,3)20-32-29(38)33-26-11-10-24(18-25(26)31)28(37)35-14-12-34(13-15-35)19-22-8-5-9-23(16-22)27(36)17-21-6-4-7-21/h5,8-11,16,18,21H,4,6-7,12-15,17,19-20H2,1-3H3,(H2,32,33,38). The van der Waals surface area contributed by atoms with E-state index in [0.717, 1.165) is 30.5 Å². The third-order valence-electron chi connectivity index (χ3n) is 7.26. The van der Waals surface area contributed by atoms with Gasteiger partial charge in [-0.05, 0) is 41.2 Å². The number of carbonyl (C=O) groups excluding carboxylic acids is 3. The third-order valence-corrected chi connectivity index (χ3v) is 7.26. The molecule has 2 aromatic carbocycles. The molecular formula is C30H39FN4O3. The fraction of sp³-hybridized carbons (Fsp3) is 0.500. The molecule has 1 aliphatic carbocycles. The van der Waals surface area contributed by atoms with Gasteiger partial charge >= 0.3 is 6.03 Å². The number of amides is 3. The second kappa shape index (κ2) is 12.1. The molecular weight excluding hydrogens is 483 g/mol. The maximum absolute atomic E-state index is 14.7. The van der Waals surface area contributed by atoms with Crippen LogP contribution in [0.4, 0.5) is 14.9 Å². The summed E-state index contributed by atoms with van der Waals surface area (Å²) in [6.45, 7) is 9.62. The van der Waals surface area contributed by atoms with Crippen molar-refractivity contribution >= 4 is 23.4 Å². The van der Waals surface area contributed by atoms with Gasteiger partial charge in [0.25, 0.3) is 5.91 Å². The van der Waals surface area contributed by atoms with Crippen molar-refractivity contribution in [1.82, 2.24) is 15.1 Å². The number of nitrogens with zero attached hydrogens (tertiary/aromatic N) is 2. The van der Waals surface area contributed by atoms with E-state index >= 15 is 0 Å². The van der Waals surface area contributed by atoms with Crippen molar-refractivity contribution < 1.29 is 18.8 Å². The fourth-order valence-corrected chi connectivity index (χ4v) is 4.73. The molecule has 3 amide bonds. The Labute approximate surface area is 224 Å². The molecule has 0 aromatic heterocycles. The lowest BCUT2D eigenvalue weighted by Gasteiger charge is -2.35. The maximum atomic E-state index is 14.7. The SMILES string of the molecule is CC(C)(C)CNC(=O)Nc1ccc(C(=O)N2CCN(Cc3cccc(C(=O)CC4CCC4)c3)CC2)cc1F. The van der Waals surface area contributed by atoms with E-state index in [1.54, 1.807) is 11.0 Å². The average molecular weight is 523 g/mol. The van der Waals surface area contributed by atoms with Crippen LogP contribution >= 0.6 is 0 Å². The van der Waals surface area contributed by atoms with Crippen LogP contribution in [0.5, 0.6) is 0 Å². The summed E-state index contributed by atoms with van der Waals surface area (Å²) in [5.74, 6) is -0.0930. The number of rotatable bonds is 8. The lowest BCUT2D eigenvalue weighted by atomic mass is 9.81. The number of halogens is 1. The Morgan fingerprint density at radius 3 is 2.34 bits per heavy atom. The zero-order valence-corrected chi connectivity index (χ0v) is 22.7. The number of piperazine rings is 1. The first-order valence-corrected chi connectivity index (χ1v) is 13.6. The number of ketones is 1. The molecule has 2 fully saturated rings. The Balaban J connectivity index is 1.27. The first-order chi connectivity index (χ1) is 18.1. The molecule has 7 nitrogen and oxygen atoms in total. The summed E-state index contributed by atoms with van der Waals surface area (Å²) >= 11 is 0. The van der Waals surface area contributed by atoms with Crippen LogP contribution in [0.2, 0.25) is 0 Å². The van der Waals surface area contributed by atoms with E-state index in [9.17, 15) is 18.8 Å². The predicted molar refractivity (Wildman–Crippen MR) is 147 cm³/mol. The van der Waals surface area contributed by atoms with Crippen LogP contribution in [0, 0.1) is 17.2 Å².